The maximum Gasteiger partial charge on any atom is 0.220 e. The molecular weight excluding hydrogens is 180 g/mol. The maximum absolute atomic E-state index is 11.0. The van der Waals surface area contributed by atoms with E-state index in [-0.39, 0.29) is 17.6 Å². The van der Waals surface area contributed by atoms with Crippen LogP contribution in [0.4, 0.5) is 0 Å². The zero-order valence-corrected chi connectivity index (χ0v) is 8.42. The Morgan fingerprint density at radius 2 is 2.14 bits per heavy atom. The fourth-order valence-corrected chi connectivity index (χ4v) is 2.40. The van der Waals surface area contributed by atoms with E-state index >= 15 is 0 Å². The summed E-state index contributed by atoms with van der Waals surface area (Å²) in [5.74, 6) is -0.0939. The Kier molecular flexibility index (Phi) is 2.74. The second kappa shape index (κ2) is 3.87. The van der Waals surface area contributed by atoms with E-state index < -0.39 is 0 Å². The van der Waals surface area contributed by atoms with Crippen molar-refractivity contribution >= 4 is 5.91 Å². The molecule has 3 N–H and O–H groups in total. The quantitative estimate of drug-likeness (QED) is 0.639. The van der Waals surface area contributed by atoms with Gasteiger partial charge < -0.3 is 10.5 Å². The van der Waals surface area contributed by atoms with Crippen molar-refractivity contribution in [2.24, 2.45) is 11.7 Å². The monoisotopic (exact) mass is 198 g/mol. The van der Waals surface area contributed by atoms with Crippen LogP contribution in [-0.4, -0.2) is 24.8 Å². The average Bonchev–Trinajstić information content (AvgIpc) is 2.19. The third kappa shape index (κ3) is 1.91. The molecular formula is C10H18N2O2. The first-order valence-electron chi connectivity index (χ1n) is 5.40. The van der Waals surface area contributed by atoms with Crippen LogP contribution in [0.5, 0.6) is 0 Å². The number of nitrogens with one attached hydrogen (secondary N) is 1. The number of carbonyl (C=O) groups is 1. The van der Waals surface area contributed by atoms with Crippen molar-refractivity contribution in [2.75, 3.05) is 13.2 Å². The van der Waals surface area contributed by atoms with Gasteiger partial charge in [-0.3, -0.25) is 10.1 Å². The number of ether oxygens (including phenoxy) is 1. The highest BCUT2D eigenvalue weighted by molar-refractivity contribution is 5.76. The molecule has 0 atom stereocenters. The first-order chi connectivity index (χ1) is 6.72. The fourth-order valence-electron chi connectivity index (χ4n) is 2.40. The highest BCUT2D eigenvalue weighted by Gasteiger charge is 2.38. The van der Waals surface area contributed by atoms with E-state index in [9.17, 15) is 4.79 Å². The van der Waals surface area contributed by atoms with Crippen LogP contribution in [0, 0.1) is 5.92 Å². The largest absolute Gasteiger partial charge is 0.369 e. The van der Waals surface area contributed by atoms with Gasteiger partial charge in [0.15, 0.2) is 0 Å². The van der Waals surface area contributed by atoms with Crippen molar-refractivity contribution in [1.82, 2.24) is 5.32 Å². The van der Waals surface area contributed by atoms with Crippen molar-refractivity contribution in [3.63, 3.8) is 0 Å². The van der Waals surface area contributed by atoms with Crippen molar-refractivity contribution in [1.29, 1.82) is 0 Å². The van der Waals surface area contributed by atoms with Crippen LogP contribution in [0.25, 0.3) is 0 Å². The number of carbonyl (C=O) groups excluding carboxylic acids is 1. The van der Waals surface area contributed by atoms with E-state index in [0.717, 1.165) is 45.3 Å². The molecule has 0 aromatic rings. The molecule has 0 radical (unpaired) electrons. The average molecular weight is 198 g/mol. The molecule has 4 nitrogen and oxygen atoms in total. The second-order valence-electron chi connectivity index (χ2n) is 4.30. The maximum atomic E-state index is 11.0. The summed E-state index contributed by atoms with van der Waals surface area (Å²) >= 11 is 0. The Balaban J connectivity index is 1.90. The lowest BCUT2D eigenvalue weighted by Crippen LogP contribution is -2.54. The summed E-state index contributed by atoms with van der Waals surface area (Å²) in [5, 5.41) is 3.42. The third-order valence-electron chi connectivity index (χ3n) is 3.34. The molecule has 0 aromatic heterocycles. The molecule has 1 aliphatic carbocycles. The number of hydrogen-bond acceptors (Lipinski definition) is 3. The van der Waals surface area contributed by atoms with Crippen LogP contribution in [0.1, 0.15) is 32.1 Å². The Morgan fingerprint density at radius 3 is 2.64 bits per heavy atom. The lowest BCUT2D eigenvalue weighted by atomic mass is 9.82. The van der Waals surface area contributed by atoms with Gasteiger partial charge in [-0.15, -0.1) is 0 Å². The van der Waals surface area contributed by atoms with Gasteiger partial charge in [-0.05, 0) is 38.6 Å². The van der Waals surface area contributed by atoms with Crippen LogP contribution in [0.2, 0.25) is 0 Å². The van der Waals surface area contributed by atoms with E-state index in [4.69, 9.17) is 10.5 Å². The topological polar surface area (TPSA) is 64.4 Å². The standard InChI is InChI=1S/C10H18N2O2/c11-9(13)8-2-4-10(5-3-8)12-6-1-7-14-10/h8,12H,1-7H2,(H2,11,13). The number of amides is 1. The van der Waals surface area contributed by atoms with Gasteiger partial charge in [0.05, 0.1) is 6.61 Å². The summed E-state index contributed by atoms with van der Waals surface area (Å²) in [4.78, 5) is 11.0. The highest BCUT2D eigenvalue weighted by atomic mass is 16.5. The minimum absolute atomic E-state index is 0.0629. The van der Waals surface area contributed by atoms with Gasteiger partial charge in [0.2, 0.25) is 5.91 Å². The minimum atomic E-state index is -0.157. The van der Waals surface area contributed by atoms with Crippen molar-refractivity contribution < 1.29 is 9.53 Å². The van der Waals surface area contributed by atoms with E-state index in [0.29, 0.717) is 0 Å². The Morgan fingerprint density at radius 1 is 1.43 bits per heavy atom. The lowest BCUT2D eigenvalue weighted by molar-refractivity contribution is -0.136. The number of primary amides is 1. The molecule has 0 bridgehead atoms. The molecule has 14 heavy (non-hydrogen) atoms. The van der Waals surface area contributed by atoms with Crippen molar-refractivity contribution in [3.05, 3.63) is 0 Å². The molecule has 2 rings (SSSR count). The van der Waals surface area contributed by atoms with Gasteiger partial charge in [0.25, 0.3) is 0 Å². The molecule has 0 unspecified atom stereocenters. The zero-order valence-electron chi connectivity index (χ0n) is 8.42. The Labute approximate surface area is 84.2 Å². The SMILES string of the molecule is NC(=O)C1CCC2(CC1)NCCCO2. The lowest BCUT2D eigenvalue weighted by Gasteiger charge is -2.42. The van der Waals surface area contributed by atoms with Crippen LogP contribution in [0.15, 0.2) is 0 Å². The summed E-state index contributed by atoms with van der Waals surface area (Å²) in [6.45, 7) is 1.87. The van der Waals surface area contributed by atoms with Gasteiger partial charge in [-0.2, -0.15) is 0 Å². The zero-order chi connectivity index (χ0) is 10.0. The van der Waals surface area contributed by atoms with Gasteiger partial charge in [0, 0.05) is 5.92 Å². The molecule has 1 spiro atoms. The normalized spacial score (nSPS) is 38.4. The van der Waals surface area contributed by atoms with E-state index in [1.807, 2.05) is 0 Å². The molecule has 2 fully saturated rings. The Bertz CT molecular complexity index is 214. The Hall–Kier alpha value is -0.610. The minimum Gasteiger partial charge on any atom is -0.369 e. The van der Waals surface area contributed by atoms with Crippen LogP contribution in [0.3, 0.4) is 0 Å². The van der Waals surface area contributed by atoms with Gasteiger partial charge in [-0.25, -0.2) is 0 Å². The van der Waals surface area contributed by atoms with Crippen LogP contribution in [-0.2, 0) is 9.53 Å². The molecule has 80 valence electrons. The van der Waals surface area contributed by atoms with E-state index in [1.54, 1.807) is 0 Å². The van der Waals surface area contributed by atoms with E-state index in [2.05, 4.69) is 5.32 Å². The number of hydrogen-bond donors (Lipinski definition) is 2. The summed E-state index contributed by atoms with van der Waals surface area (Å²) in [6.07, 6.45) is 4.65. The summed E-state index contributed by atoms with van der Waals surface area (Å²) in [5.41, 5.74) is 5.15. The van der Waals surface area contributed by atoms with Gasteiger partial charge in [-0.1, -0.05) is 0 Å². The van der Waals surface area contributed by atoms with Crippen molar-refractivity contribution in [3.8, 4) is 0 Å². The molecule has 1 aliphatic heterocycles. The first-order valence-corrected chi connectivity index (χ1v) is 5.40. The van der Waals surface area contributed by atoms with Gasteiger partial charge >= 0.3 is 0 Å². The second-order valence-corrected chi connectivity index (χ2v) is 4.30. The molecule has 1 saturated heterocycles. The van der Waals surface area contributed by atoms with Gasteiger partial charge in [0.1, 0.15) is 5.72 Å². The molecule has 1 amide bonds. The van der Waals surface area contributed by atoms with Crippen molar-refractivity contribution in [2.45, 2.75) is 37.8 Å². The molecule has 1 saturated carbocycles. The van der Waals surface area contributed by atoms with Crippen LogP contribution < -0.4 is 11.1 Å². The highest BCUT2D eigenvalue weighted by Crippen LogP contribution is 2.34. The summed E-state index contributed by atoms with van der Waals surface area (Å²) in [7, 11) is 0. The first kappa shape index (κ1) is 9.93. The molecule has 4 heteroatoms. The molecule has 1 heterocycles. The predicted octanol–water partition coefficient (Wildman–Crippen LogP) is 0.368. The smallest absolute Gasteiger partial charge is 0.220 e. The molecule has 2 aliphatic rings. The van der Waals surface area contributed by atoms with Crippen LogP contribution >= 0.6 is 0 Å². The fraction of sp³-hybridized carbons (Fsp3) is 0.900. The molecule has 0 aromatic carbocycles. The summed E-state index contributed by atoms with van der Waals surface area (Å²) < 4.78 is 5.77. The number of nitrogens with two attached hydrogens (primary N) is 1. The third-order valence-corrected chi connectivity index (χ3v) is 3.34. The van der Waals surface area contributed by atoms with E-state index in [1.165, 1.54) is 0 Å². The summed E-state index contributed by atoms with van der Waals surface area (Å²) in [6, 6.07) is 0. The predicted molar refractivity (Wildman–Crippen MR) is 52.5 cm³/mol. The number of rotatable bonds is 1.